The van der Waals surface area contributed by atoms with Crippen LogP contribution in [0.3, 0.4) is 0 Å². The van der Waals surface area contributed by atoms with E-state index >= 15 is 0 Å². The summed E-state index contributed by atoms with van der Waals surface area (Å²) in [5.74, 6) is 0.873. The van der Waals surface area contributed by atoms with Crippen molar-refractivity contribution in [3.63, 3.8) is 0 Å². The van der Waals surface area contributed by atoms with E-state index in [1.54, 1.807) is 0 Å². The molecule has 2 aromatic rings. The highest BCUT2D eigenvalue weighted by atomic mass is 15.1. The predicted octanol–water partition coefficient (Wildman–Crippen LogP) is 3.20. The van der Waals surface area contributed by atoms with Crippen molar-refractivity contribution < 1.29 is 0 Å². The minimum absolute atomic E-state index is 0.411. The largest absolute Gasteiger partial charge is 0.276 e. The van der Waals surface area contributed by atoms with Crippen LogP contribution in [0.5, 0.6) is 0 Å². The third-order valence-electron chi connectivity index (χ3n) is 2.59. The lowest BCUT2D eigenvalue weighted by Crippen LogP contribution is -1.94. The molecular weight excluding hydrogens is 186 g/mol. The molecule has 0 fully saturated rings. The van der Waals surface area contributed by atoms with Crippen molar-refractivity contribution in [1.29, 1.82) is 0 Å². The van der Waals surface area contributed by atoms with E-state index < -0.39 is 0 Å². The molecule has 3 nitrogen and oxygen atoms in total. The number of fused-ring (bicyclic) bond motifs is 1. The lowest BCUT2D eigenvalue weighted by Gasteiger charge is -2.05. The summed E-state index contributed by atoms with van der Waals surface area (Å²) in [5, 5.41) is 7.33. The van der Waals surface area contributed by atoms with Crippen LogP contribution in [0.2, 0.25) is 0 Å². The molecule has 0 radical (unpaired) electrons. The molecular formula is C12H17N3. The van der Waals surface area contributed by atoms with E-state index in [0.717, 1.165) is 22.4 Å². The van der Waals surface area contributed by atoms with Gasteiger partial charge in [-0.1, -0.05) is 27.7 Å². The summed E-state index contributed by atoms with van der Waals surface area (Å²) < 4.78 is 0. The summed E-state index contributed by atoms with van der Waals surface area (Å²) >= 11 is 0. The van der Waals surface area contributed by atoms with Gasteiger partial charge in [0.2, 0.25) is 0 Å². The van der Waals surface area contributed by atoms with Crippen molar-refractivity contribution in [3.05, 3.63) is 23.5 Å². The van der Waals surface area contributed by atoms with Gasteiger partial charge in [-0.25, -0.2) is 4.98 Å². The predicted molar refractivity (Wildman–Crippen MR) is 62.1 cm³/mol. The van der Waals surface area contributed by atoms with Crippen LogP contribution in [0.4, 0.5) is 0 Å². The molecule has 3 heteroatoms. The molecule has 0 saturated carbocycles. The van der Waals surface area contributed by atoms with Gasteiger partial charge in [0.05, 0.1) is 11.2 Å². The number of pyridine rings is 1. The van der Waals surface area contributed by atoms with E-state index in [1.807, 2.05) is 0 Å². The van der Waals surface area contributed by atoms with Gasteiger partial charge in [0.25, 0.3) is 0 Å². The first-order valence-electron chi connectivity index (χ1n) is 5.44. The van der Waals surface area contributed by atoms with Gasteiger partial charge in [0.1, 0.15) is 5.52 Å². The maximum absolute atomic E-state index is 4.66. The second-order valence-corrected chi connectivity index (χ2v) is 4.55. The zero-order chi connectivity index (χ0) is 11.0. The summed E-state index contributed by atoms with van der Waals surface area (Å²) in [6, 6.07) is 4.13. The van der Waals surface area contributed by atoms with Gasteiger partial charge in [0, 0.05) is 5.69 Å². The quantitative estimate of drug-likeness (QED) is 0.814. The third-order valence-corrected chi connectivity index (χ3v) is 2.59. The molecule has 0 aliphatic heterocycles. The Kier molecular flexibility index (Phi) is 2.47. The molecule has 0 amide bonds. The Hall–Kier alpha value is -1.38. The number of nitrogens with zero attached hydrogens (tertiary/aromatic N) is 2. The Morgan fingerprint density at radius 2 is 1.80 bits per heavy atom. The van der Waals surface area contributed by atoms with Crippen molar-refractivity contribution in [2.45, 2.75) is 39.5 Å². The van der Waals surface area contributed by atoms with Crippen LogP contribution in [-0.4, -0.2) is 15.2 Å². The van der Waals surface area contributed by atoms with E-state index in [1.165, 1.54) is 0 Å². The van der Waals surface area contributed by atoms with Crippen LogP contribution in [0.15, 0.2) is 12.1 Å². The number of nitrogens with one attached hydrogen (secondary N) is 1. The molecule has 2 aromatic heterocycles. The normalized spacial score (nSPS) is 11.9. The first-order valence-corrected chi connectivity index (χ1v) is 5.44. The monoisotopic (exact) mass is 203 g/mol. The topological polar surface area (TPSA) is 41.6 Å². The van der Waals surface area contributed by atoms with Crippen molar-refractivity contribution in [3.8, 4) is 0 Å². The van der Waals surface area contributed by atoms with Gasteiger partial charge in [-0.05, 0) is 24.0 Å². The second-order valence-electron chi connectivity index (χ2n) is 4.55. The SMILES string of the molecule is CC(C)c1ccc2[nH]nc(C(C)C)c2n1. The number of H-pyrrole nitrogens is 1. The van der Waals surface area contributed by atoms with Crippen molar-refractivity contribution in [2.24, 2.45) is 0 Å². The molecule has 1 N–H and O–H groups in total. The highest BCUT2D eigenvalue weighted by Crippen LogP contribution is 2.23. The molecule has 0 atom stereocenters. The summed E-state index contributed by atoms with van der Waals surface area (Å²) in [7, 11) is 0. The van der Waals surface area contributed by atoms with Crippen LogP contribution in [-0.2, 0) is 0 Å². The average molecular weight is 203 g/mol. The summed E-state index contributed by atoms with van der Waals surface area (Å²) in [6.45, 7) is 8.59. The molecule has 0 spiro atoms. The molecule has 2 heterocycles. The minimum atomic E-state index is 0.411. The van der Waals surface area contributed by atoms with Gasteiger partial charge in [-0.3, -0.25) is 5.10 Å². The van der Waals surface area contributed by atoms with E-state index in [9.17, 15) is 0 Å². The number of hydrogen-bond donors (Lipinski definition) is 1. The molecule has 0 unspecified atom stereocenters. The molecule has 0 aliphatic rings. The highest BCUT2D eigenvalue weighted by molar-refractivity contribution is 5.77. The third kappa shape index (κ3) is 1.74. The second kappa shape index (κ2) is 3.65. The van der Waals surface area contributed by atoms with Gasteiger partial charge in [0.15, 0.2) is 0 Å². The van der Waals surface area contributed by atoms with Crippen molar-refractivity contribution >= 4 is 11.0 Å². The van der Waals surface area contributed by atoms with Gasteiger partial charge < -0.3 is 0 Å². The van der Waals surface area contributed by atoms with E-state index in [0.29, 0.717) is 11.8 Å². The lowest BCUT2D eigenvalue weighted by atomic mass is 10.1. The molecule has 0 aliphatic carbocycles. The van der Waals surface area contributed by atoms with Gasteiger partial charge in [-0.2, -0.15) is 5.10 Å². The van der Waals surface area contributed by atoms with Crippen molar-refractivity contribution in [1.82, 2.24) is 15.2 Å². The Labute approximate surface area is 89.9 Å². The van der Waals surface area contributed by atoms with Gasteiger partial charge in [-0.15, -0.1) is 0 Å². The highest BCUT2D eigenvalue weighted by Gasteiger charge is 2.11. The van der Waals surface area contributed by atoms with Crippen LogP contribution < -0.4 is 0 Å². The average Bonchev–Trinajstić information content (AvgIpc) is 2.59. The molecule has 0 aromatic carbocycles. The van der Waals surface area contributed by atoms with Crippen LogP contribution >= 0.6 is 0 Å². The summed E-state index contributed by atoms with van der Waals surface area (Å²) in [5.41, 5.74) is 4.25. The first kappa shape index (κ1) is 10.1. The fraction of sp³-hybridized carbons (Fsp3) is 0.500. The van der Waals surface area contributed by atoms with E-state index in [-0.39, 0.29) is 0 Å². The van der Waals surface area contributed by atoms with Crippen LogP contribution in [0, 0.1) is 0 Å². The minimum Gasteiger partial charge on any atom is -0.276 e. The standard InChI is InChI=1S/C12H17N3/c1-7(2)9-5-6-10-12(13-9)11(8(3)4)15-14-10/h5-8H,1-4H3,(H,14,15). The number of rotatable bonds is 2. The van der Waals surface area contributed by atoms with Gasteiger partial charge >= 0.3 is 0 Å². The molecule has 80 valence electrons. The lowest BCUT2D eigenvalue weighted by molar-refractivity contribution is 0.807. The van der Waals surface area contributed by atoms with E-state index in [2.05, 4.69) is 55.0 Å². The van der Waals surface area contributed by atoms with Crippen LogP contribution in [0.1, 0.15) is 50.9 Å². The fourth-order valence-electron chi connectivity index (χ4n) is 1.66. The number of aromatic amines is 1. The van der Waals surface area contributed by atoms with E-state index in [4.69, 9.17) is 0 Å². The Morgan fingerprint density at radius 1 is 1.07 bits per heavy atom. The number of aromatic nitrogens is 3. The summed E-state index contributed by atoms with van der Waals surface area (Å²) in [4.78, 5) is 4.66. The summed E-state index contributed by atoms with van der Waals surface area (Å²) in [6.07, 6.45) is 0. The zero-order valence-corrected chi connectivity index (χ0v) is 9.70. The molecule has 2 rings (SSSR count). The maximum atomic E-state index is 4.66. The molecule has 15 heavy (non-hydrogen) atoms. The molecule has 0 saturated heterocycles. The Balaban J connectivity index is 2.61. The zero-order valence-electron chi connectivity index (χ0n) is 9.70. The van der Waals surface area contributed by atoms with Crippen LogP contribution in [0.25, 0.3) is 11.0 Å². The Bertz CT molecular complexity index is 469. The maximum Gasteiger partial charge on any atom is 0.112 e. The van der Waals surface area contributed by atoms with Crippen molar-refractivity contribution in [2.75, 3.05) is 0 Å². The smallest absolute Gasteiger partial charge is 0.112 e. The fourth-order valence-corrected chi connectivity index (χ4v) is 1.66. The first-order chi connectivity index (χ1) is 7.09. The molecule has 0 bridgehead atoms. The number of hydrogen-bond acceptors (Lipinski definition) is 2. The Morgan fingerprint density at radius 3 is 2.40 bits per heavy atom.